The van der Waals surface area contributed by atoms with Gasteiger partial charge in [-0.15, -0.1) is 0 Å². The monoisotopic (exact) mass is 531 g/mol. The van der Waals surface area contributed by atoms with Crippen LogP contribution in [0.4, 0.5) is 15.4 Å². The Balaban J connectivity index is 1.48. The summed E-state index contributed by atoms with van der Waals surface area (Å²) in [5.74, 6) is 1.41. The van der Waals surface area contributed by atoms with Gasteiger partial charge in [0.1, 0.15) is 17.5 Å². The molecule has 208 valence electrons. The molecule has 0 radical (unpaired) electrons. The summed E-state index contributed by atoms with van der Waals surface area (Å²) in [5, 5.41) is 9.20. The SMILES string of the molecule is CCOC(=O)OCN1NC(=Nc2nccn3nc(COC)cc23)CC1[C@H]1CC[C@@H](OC(=O)NC(C)CC)C1. The normalized spacial score (nSPS) is 23.4. The fourth-order valence-corrected chi connectivity index (χ4v) is 4.81. The summed E-state index contributed by atoms with van der Waals surface area (Å²) in [7, 11) is 1.62. The van der Waals surface area contributed by atoms with Crippen molar-refractivity contribution in [3.63, 3.8) is 0 Å². The van der Waals surface area contributed by atoms with Crippen LogP contribution in [0.2, 0.25) is 0 Å². The molecule has 3 heterocycles. The number of hydrogen-bond acceptors (Lipinski definition) is 10. The maximum absolute atomic E-state index is 12.2. The summed E-state index contributed by atoms with van der Waals surface area (Å²) in [6.07, 6.45) is 5.90. The number of methoxy groups -OCH3 is 1. The van der Waals surface area contributed by atoms with Gasteiger partial charge in [0.25, 0.3) is 0 Å². The van der Waals surface area contributed by atoms with Gasteiger partial charge < -0.3 is 29.7 Å². The van der Waals surface area contributed by atoms with Gasteiger partial charge in [0.05, 0.1) is 18.9 Å². The van der Waals surface area contributed by atoms with Crippen molar-refractivity contribution in [3.8, 4) is 0 Å². The number of carbonyl (C=O) groups excluding carboxylic acids is 2. The molecular weight excluding hydrogens is 494 g/mol. The van der Waals surface area contributed by atoms with E-state index in [1.165, 1.54) is 0 Å². The lowest BCUT2D eigenvalue weighted by Crippen LogP contribution is -2.43. The molecule has 13 heteroatoms. The fraction of sp³-hybridized carbons (Fsp3) is 0.640. The minimum Gasteiger partial charge on any atom is -0.446 e. The van der Waals surface area contributed by atoms with Crippen molar-refractivity contribution in [2.45, 2.75) is 77.7 Å². The molecule has 2 unspecified atom stereocenters. The zero-order valence-corrected chi connectivity index (χ0v) is 22.4. The van der Waals surface area contributed by atoms with E-state index < -0.39 is 6.16 Å². The summed E-state index contributed by atoms with van der Waals surface area (Å²) in [4.78, 5) is 33.3. The molecule has 4 atom stereocenters. The van der Waals surface area contributed by atoms with Gasteiger partial charge in [-0.05, 0) is 51.5 Å². The number of alkyl carbamates (subject to hydrolysis) is 1. The van der Waals surface area contributed by atoms with Gasteiger partial charge in [-0.1, -0.05) is 6.92 Å². The van der Waals surface area contributed by atoms with Crippen molar-refractivity contribution in [1.29, 1.82) is 0 Å². The van der Waals surface area contributed by atoms with Gasteiger partial charge in [-0.3, -0.25) is 0 Å². The van der Waals surface area contributed by atoms with Gasteiger partial charge in [-0.25, -0.2) is 24.1 Å². The lowest BCUT2D eigenvalue weighted by Gasteiger charge is -2.27. The number of nitrogens with zero attached hydrogens (tertiary/aromatic N) is 5. The smallest absolute Gasteiger partial charge is 0.446 e. The molecule has 2 aliphatic rings. The van der Waals surface area contributed by atoms with Crippen LogP contribution in [0.1, 0.15) is 58.6 Å². The standard InChI is InChI=1S/C25H37N7O6/c1-5-16(3)27-24(33)38-19-8-7-17(11-19)20-13-22(30-32(20)15-37-25(34)36-6-2)28-23-21-12-18(14-35-4)29-31(21)10-9-26-23/h9-10,12,16-17,19-20H,5-8,11,13-15H2,1-4H3,(H,27,33)(H,26,28,30)/t16?,17-,19+,20?/m0/s1. The maximum atomic E-state index is 12.2. The van der Waals surface area contributed by atoms with Crippen molar-refractivity contribution in [1.82, 2.24) is 30.3 Å². The zero-order valence-electron chi connectivity index (χ0n) is 22.4. The molecule has 1 amide bonds. The highest BCUT2D eigenvalue weighted by Gasteiger charge is 2.41. The number of aliphatic imine (C=N–C) groups is 1. The molecule has 38 heavy (non-hydrogen) atoms. The van der Waals surface area contributed by atoms with Gasteiger partial charge in [0.15, 0.2) is 12.5 Å². The summed E-state index contributed by atoms with van der Waals surface area (Å²) in [6.45, 7) is 6.29. The third-order valence-corrected chi connectivity index (χ3v) is 6.83. The average Bonchev–Trinajstić information content (AvgIpc) is 3.61. The number of aromatic nitrogens is 3. The fourth-order valence-electron chi connectivity index (χ4n) is 4.81. The molecule has 13 nitrogen and oxygen atoms in total. The van der Waals surface area contributed by atoms with E-state index in [2.05, 4.69) is 20.8 Å². The van der Waals surface area contributed by atoms with Crippen LogP contribution in [0.5, 0.6) is 0 Å². The molecule has 2 N–H and O–H groups in total. The van der Waals surface area contributed by atoms with Crippen molar-refractivity contribution >= 4 is 29.4 Å². The number of fused-ring (bicyclic) bond motifs is 1. The Morgan fingerprint density at radius 3 is 2.89 bits per heavy atom. The quantitative estimate of drug-likeness (QED) is 0.439. The molecule has 2 aromatic heterocycles. The lowest BCUT2D eigenvalue weighted by molar-refractivity contribution is -0.0134. The van der Waals surface area contributed by atoms with Crippen molar-refractivity contribution in [3.05, 3.63) is 24.2 Å². The Kier molecular flexibility index (Phi) is 9.34. The molecule has 2 aromatic rings. The second kappa shape index (κ2) is 12.9. The topological polar surface area (TPSA) is 141 Å². The largest absolute Gasteiger partial charge is 0.509 e. The Hall–Kier alpha value is -3.45. The van der Waals surface area contributed by atoms with E-state index in [1.54, 1.807) is 30.9 Å². The molecule has 4 rings (SSSR count). The van der Waals surface area contributed by atoms with E-state index in [1.807, 2.05) is 24.9 Å². The lowest BCUT2D eigenvalue weighted by atomic mass is 9.95. The van der Waals surface area contributed by atoms with Crippen LogP contribution >= 0.6 is 0 Å². The Bertz CT molecular complexity index is 1140. The first-order valence-electron chi connectivity index (χ1n) is 13.1. The first kappa shape index (κ1) is 27.6. The number of hydrogen-bond donors (Lipinski definition) is 2. The Morgan fingerprint density at radius 1 is 1.29 bits per heavy atom. The molecule has 0 bridgehead atoms. The highest BCUT2D eigenvalue weighted by molar-refractivity contribution is 5.88. The number of amidine groups is 1. The van der Waals surface area contributed by atoms with Gasteiger partial charge >= 0.3 is 12.2 Å². The molecule has 1 saturated carbocycles. The summed E-state index contributed by atoms with van der Waals surface area (Å²) < 4.78 is 22.8. The predicted octanol–water partition coefficient (Wildman–Crippen LogP) is 3.31. The number of carbonyl (C=O) groups is 2. The van der Waals surface area contributed by atoms with Crippen LogP contribution < -0.4 is 10.7 Å². The highest BCUT2D eigenvalue weighted by atomic mass is 16.7. The van der Waals surface area contributed by atoms with Crippen molar-refractivity contribution in [2.75, 3.05) is 20.4 Å². The van der Waals surface area contributed by atoms with Crippen LogP contribution in [-0.2, 0) is 25.6 Å². The Labute approximate surface area is 221 Å². The zero-order chi connectivity index (χ0) is 27.1. The molecule has 1 aliphatic heterocycles. The summed E-state index contributed by atoms with van der Waals surface area (Å²) >= 11 is 0. The van der Waals surface area contributed by atoms with Crippen LogP contribution in [0.3, 0.4) is 0 Å². The van der Waals surface area contributed by atoms with Gasteiger partial charge in [0, 0.05) is 38.0 Å². The molecule has 0 aromatic carbocycles. The van der Waals surface area contributed by atoms with E-state index >= 15 is 0 Å². The second-order valence-electron chi connectivity index (χ2n) is 9.57. The first-order valence-corrected chi connectivity index (χ1v) is 13.1. The number of hydrazine groups is 1. The average molecular weight is 532 g/mol. The maximum Gasteiger partial charge on any atom is 0.509 e. The molecular formula is C25H37N7O6. The number of amides is 1. The van der Waals surface area contributed by atoms with E-state index in [-0.39, 0.29) is 43.5 Å². The molecule has 2 fully saturated rings. The minimum atomic E-state index is -0.732. The number of nitrogens with one attached hydrogen (secondary N) is 2. The predicted molar refractivity (Wildman–Crippen MR) is 138 cm³/mol. The highest BCUT2D eigenvalue weighted by Crippen LogP contribution is 2.36. The number of ether oxygens (including phenoxy) is 4. The molecule has 1 aliphatic carbocycles. The van der Waals surface area contributed by atoms with E-state index in [0.29, 0.717) is 31.1 Å². The van der Waals surface area contributed by atoms with Crippen molar-refractivity contribution in [2.24, 2.45) is 10.9 Å². The summed E-state index contributed by atoms with van der Waals surface area (Å²) in [6, 6.07) is 1.93. The number of rotatable bonds is 10. The molecule has 1 saturated heterocycles. The third-order valence-electron chi connectivity index (χ3n) is 6.83. The van der Waals surface area contributed by atoms with Crippen molar-refractivity contribution < 1.29 is 28.5 Å². The van der Waals surface area contributed by atoms with Gasteiger partial charge in [0.2, 0.25) is 0 Å². The summed E-state index contributed by atoms with van der Waals surface area (Å²) in [5.41, 5.74) is 4.82. The Morgan fingerprint density at radius 2 is 2.13 bits per heavy atom. The first-order chi connectivity index (χ1) is 18.4. The van der Waals surface area contributed by atoms with Gasteiger partial charge in [-0.2, -0.15) is 10.1 Å². The minimum absolute atomic E-state index is 0.0126. The molecule has 0 spiro atoms. The second-order valence-corrected chi connectivity index (χ2v) is 9.57. The van der Waals surface area contributed by atoms with Crippen LogP contribution in [0, 0.1) is 5.92 Å². The van der Waals surface area contributed by atoms with E-state index in [4.69, 9.17) is 23.9 Å². The van der Waals surface area contributed by atoms with E-state index in [0.717, 1.165) is 30.5 Å². The van der Waals surface area contributed by atoms with Crippen LogP contribution in [0.15, 0.2) is 23.5 Å². The third kappa shape index (κ3) is 6.90. The van der Waals surface area contributed by atoms with Crippen LogP contribution in [-0.4, -0.2) is 76.3 Å². The van der Waals surface area contributed by atoms with Crippen LogP contribution in [0.25, 0.3) is 5.52 Å². The van der Waals surface area contributed by atoms with E-state index in [9.17, 15) is 9.59 Å².